The first-order valence-corrected chi connectivity index (χ1v) is 18.5. The highest BCUT2D eigenvalue weighted by atomic mass is 16.5. The monoisotopic (exact) mass is 762 g/mol. The third-order valence-electron chi connectivity index (χ3n) is 10.1. The van der Waals surface area contributed by atoms with Crippen molar-refractivity contribution >= 4 is 45.4 Å². The molecule has 2 N–H and O–H groups in total. The van der Waals surface area contributed by atoms with Crippen LogP contribution in [0.15, 0.2) is 91.5 Å². The zero-order valence-corrected chi connectivity index (χ0v) is 30.4. The van der Waals surface area contributed by atoms with Crippen LogP contribution in [0.3, 0.4) is 0 Å². The first-order chi connectivity index (χ1) is 27.9. The summed E-state index contributed by atoms with van der Waals surface area (Å²) in [5, 5.41) is 4.43. The molecular weight excluding hydrogens is 729 g/mol. The highest BCUT2D eigenvalue weighted by molar-refractivity contribution is 6.23. The van der Waals surface area contributed by atoms with Crippen LogP contribution in [0.2, 0.25) is 0 Å². The minimum Gasteiger partial charge on any atom is -0.491 e. The van der Waals surface area contributed by atoms with Gasteiger partial charge in [0, 0.05) is 71.3 Å². The van der Waals surface area contributed by atoms with Crippen LogP contribution in [0.5, 0.6) is 17.4 Å². The maximum absolute atomic E-state index is 13.0. The number of benzene rings is 2. The molecule has 0 spiro atoms. The fraction of sp³-hybridized carbons (Fsp3) is 0.233. The number of nitrogens with one attached hydrogen (secondary N) is 2. The predicted molar refractivity (Wildman–Crippen MR) is 205 cm³/mol. The summed E-state index contributed by atoms with van der Waals surface area (Å²) < 4.78 is 23.4. The highest BCUT2D eigenvalue weighted by Crippen LogP contribution is 2.33. The number of carbonyl (C=O) groups is 4. The van der Waals surface area contributed by atoms with Gasteiger partial charge in [-0.15, -0.1) is 0 Å². The van der Waals surface area contributed by atoms with E-state index in [0.29, 0.717) is 23.1 Å². The van der Waals surface area contributed by atoms with E-state index in [1.165, 1.54) is 12.1 Å². The smallest absolute Gasteiger partial charge is 0.262 e. The van der Waals surface area contributed by atoms with E-state index in [2.05, 4.69) is 55.3 Å². The van der Waals surface area contributed by atoms with Crippen LogP contribution < -0.4 is 19.5 Å². The minimum absolute atomic E-state index is 0.0224. The van der Waals surface area contributed by atoms with E-state index in [4.69, 9.17) is 18.9 Å². The molecule has 6 aromatic rings. The average molecular weight is 763 g/mol. The zero-order valence-electron chi connectivity index (χ0n) is 30.4. The number of imide groups is 2. The van der Waals surface area contributed by atoms with Crippen molar-refractivity contribution in [3.63, 3.8) is 0 Å². The van der Waals surface area contributed by atoms with Crippen LogP contribution in [0.1, 0.15) is 52.1 Å². The molecule has 4 aromatic heterocycles. The molecule has 0 bridgehead atoms. The quantitative estimate of drug-likeness (QED) is 0.103. The number of aromatic nitrogens is 4. The van der Waals surface area contributed by atoms with Crippen LogP contribution in [0, 0.1) is 11.8 Å². The van der Waals surface area contributed by atoms with Gasteiger partial charge in [-0.05, 0) is 66.4 Å². The molecule has 9 rings (SSSR count). The second-order valence-corrected chi connectivity index (χ2v) is 13.9. The first kappa shape index (κ1) is 35.6. The van der Waals surface area contributed by atoms with E-state index in [9.17, 15) is 19.2 Å². The molecule has 0 radical (unpaired) electrons. The van der Waals surface area contributed by atoms with Crippen LogP contribution in [0.4, 0.5) is 0 Å². The van der Waals surface area contributed by atoms with Crippen molar-refractivity contribution < 1.29 is 38.1 Å². The van der Waals surface area contributed by atoms with Gasteiger partial charge in [-0.25, -0.2) is 9.97 Å². The Morgan fingerprint density at radius 2 is 1.60 bits per heavy atom. The van der Waals surface area contributed by atoms with Gasteiger partial charge in [0.25, 0.3) is 11.8 Å². The maximum atomic E-state index is 13.0. The summed E-state index contributed by atoms with van der Waals surface area (Å²) in [6.07, 6.45) is 8.82. The lowest BCUT2D eigenvalue weighted by Gasteiger charge is -2.34. The predicted octanol–water partition coefficient (Wildman–Crippen LogP) is 5.01. The van der Waals surface area contributed by atoms with E-state index in [1.54, 1.807) is 24.5 Å². The lowest BCUT2D eigenvalue weighted by atomic mass is 9.92. The molecule has 14 nitrogen and oxygen atoms in total. The summed E-state index contributed by atoms with van der Waals surface area (Å²) in [4.78, 5) is 67.2. The number of hydrogen-bond donors (Lipinski definition) is 2. The fourth-order valence-corrected chi connectivity index (χ4v) is 7.15. The van der Waals surface area contributed by atoms with Crippen molar-refractivity contribution in [2.45, 2.75) is 43.9 Å². The lowest BCUT2D eigenvalue weighted by molar-refractivity contribution is -0.136. The normalized spacial score (nSPS) is 18.8. The molecule has 6 heterocycles. The second kappa shape index (κ2) is 15.2. The van der Waals surface area contributed by atoms with Crippen molar-refractivity contribution in [2.75, 3.05) is 19.8 Å². The average Bonchev–Trinajstić information content (AvgIpc) is 3.70. The third kappa shape index (κ3) is 7.36. The standard InChI is InChI=1S/C43H34N6O8/c50-39-11-10-38(41(51)48-39)49-42(52)33-9-7-28(21-34(33)43(49)53)55-17-16-54-15-1-2-27-5-6-29(23-45-27)56-30-19-31(20-30)57-40-12-4-26(22-46-40)25-3-8-32-35-24-44-14-13-36(35)47-37(32)18-25/h3-9,12-14,18,21-24,30-31,38,47H,10-11,15-17,19-20H2,(H,48,50,51). The zero-order chi connectivity index (χ0) is 38.9. The molecule has 1 saturated heterocycles. The number of ether oxygens (including phenoxy) is 4. The van der Waals surface area contributed by atoms with E-state index in [0.717, 1.165) is 50.7 Å². The number of H-pyrrole nitrogens is 1. The minimum atomic E-state index is -1.02. The number of hydrogen-bond acceptors (Lipinski definition) is 11. The third-order valence-corrected chi connectivity index (χ3v) is 10.1. The van der Waals surface area contributed by atoms with Crippen molar-refractivity contribution in [2.24, 2.45) is 0 Å². The summed E-state index contributed by atoms with van der Waals surface area (Å²) in [5.74, 6) is 5.26. The molecule has 1 unspecified atom stereocenters. The number of pyridine rings is 3. The number of fused-ring (bicyclic) bond motifs is 4. The Balaban J connectivity index is 0.679. The van der Waals surface area contributed by atoms with Gasteiger partial charge < -0.3 is 23.9 Å². The summed E-state index contributed by atoms with van der Waals surface area (Å²) in [6.45, 7) is 0.569. The molecule has 1 atom stereocenters. The van der Waals surface area contributed by atoms with Crippen LogP contribution in [-0.2, 0) is 14.3 Å². The Morgan fingerprint density at radius 3 is 2.42 bits per heavy atom. The summed E-state index contributed by atoms with van der Waals surface area (Å²) in [6, 6.07) is 19.4. The SMILES string of the molecule is O=C1CCC(N2C(=O)c3ccc(OCCOCC#Cc4ccc(OC5CC(Oc6ccc(-c7ccc8c(c7)[nH]c7ccncc78)cn6)C5)cn4)cc3C2=O)C(=O)N1. The number of rotatable bonds is 11. The number of piperidine rings is 1. The largest absolute Gasteiger partial charge is 0.491 e. The topological polar surface area (TPSA) is 175 Å². The molecule has 1 aliphatic carbocycles. The Kier molecular flexibility index (Phi) is 9.49. The molecule has 14 heteroatoms. The van der Waals surface area contributed by atoms with Gasteiger partial charge in [0.2, 0.25) is 17.7 Å². The van der Waals surface area contributed by atoms with Gasteiger partial charge in [0.1, 0.15) is 48.7 Å². The number of amides is 4. The van der Waals surface area contributed by atoms with Crippen LogP contribution in [-0.4, -0.2) is 86.5 Å². The Labute approximate surface area is 325 Å². The second-order valence-electron chi connectivity index (χ2n) is 13.9. The molecule has 284 valence electrons. The molecule has 2 fully saturated rings. The first-order valence-electron chi connectivity index (χ1n) is 18.5. The van der Waals surface area contributed by atoms with Gasteiger partial charge in [-0.2, -0.15) is 0 Å². The van der Waals surface area contributed by atoms with Crippen molar-refractivity contribution in [1.82, 2.24) is 30.2 Å². The summed E-state index contributed by atoms with van der Waals surface area (Å²) in [5.41, 5.74) is 5.10. The van der Waals surface area contributed by atoms with E-state index in [1.807, 2.05) is 36.7 Å². The van der Waals surface area contributed by atoms with E-state index < -0.39 is 29.7 Å². The van der Waals surface area contributed by atoms with Crippen LogP contribution >= 0.6 is 0 Å². The van der Waals surface area contributed by atoms with Gasteiger partial charge in [0.15, 0.2) is 0 Å². The summed E-state index contributed by atoms with van der Waals surface area (Å²) >= 11 is 0. The Bertz CT molecular complexity index is 2610. The van der Waals surface area contributed by atoms with Crippen molar-refractivity contribution in [3.8, 4) is 40.3 Å². The number of carbonyl (C=O) groups excluding carboxylic acids is 4. The molecule has 3 aliphatic rings. The molecule has 2 aromatic carbocycles. The Hall–Kier alpha value is -7.11. The molecule has 2 aliphatic heterocycles. The van der Waals surface area contributed by atoms with Crippen molar-refractivity contribution in [1.29, 1.82) is 0 Å². The van der Waals surface area contributed by atoms with Crippen LogP contribution in [0.25, 0.3) is 32.9 Å². The number of aromatic amines is 1. The molecule has 1 saturated carbocycles. The fourth-order valence-electron chi connectivity index (χ4n) is 7.15. The molecule has 57 heavy (non-hydrogen) atoms. The van der Waals surface area contributed by atoms with Gasteiger partial charge >= 0.3 is 0 Å². The number of nitrogens with zero attached hydrogens (tertiary/aromatic N) is 4. The van der Waals surface area contributed by atoms with Gasteiger partial charge in [0.05, 0.1) is 23.9 Å². The molecule has 4 amide bonds. The summed E-state index contributed by atoms with van der Waals surface area (Å²) in [7, 11) is 0. The van der Waals surface area contributed by atoms with E-state index >= 15 is 0 Å². The highest BCUT2D eigenvalue weighted by Gasteiger charge is 2.44. The van der Waals surface area contributed by atoms with Gasteiger partial charge in [-0.3, -0.25) is 34.4 Å². The lowest BCUT2D eigenvalue weighted by Crippen LogP contribution is -2.54. The van der Waals surface area contributed by atoms with E-state index in [-0.39, 0.29) is 56.0 Å². The van der Waals surface area contributed by atoms with Gasteiger partial charge in [-0.1, -0.05) is 18.1 Å². The molecular formula is C43H34N6O8. The van der Waals surface area contributed by atoms with Crippen molar-refractivity contribution in [3.05, 3.63) is 108 Å². The maximum Gasteiger partial charge on any atom is 0.262 e. The Morgan fingerprint density at radius 1 is 0.754 bits per heavy atom.